The lowest BCUT2D eigenvalue weighted by Gasteiger charge is -2.24. The van der Waals surface area contributed by atoms with Gasteiger partial charge in [-0.2, -0.15) is 0 Å². The second-order valence-corrected chi connectivity index (χ2v) is 4.65. The van der Waals surface area contributed by atoms with Crippen molar-refractivity contribution in [1.29, 1.82) is 0 Å². The van der Waals surface area contributed by atoms with Crippen molar-refractivity contribution in [2.24, 2.45) is 5.92 Å². The molecule has 0 bridgehead atoms. The van der Waals surface area contributed by atoms with E-state index in [-0.39, 0.29) is 6.04 Å². The van der Waals surface area contributed by atoms with Gasteiger partial charge in [0.15, 0.2) is 0 Å². The number of piperidine rings is 1. The summed E-state index contributed by atoms with van der Waals surface area (Å²) in [5.74, 6) is 2.41. The van der Waals surface area contributed by atoms with Crippen molar-refractivity contribution in [2.75, 3.05) is 19.6 Å². The standard InChI is InChI=1S/C12H21N3O/c1-9-6-15-12(16-9)10(2)14-8-11-4-3-5-13-7-11/h6,10-11,13-14H,3-5,7-8H2,1-2H3. The number of nitrogens with zero attached hydrogens (tertiary/aromatic N) is 1. The molecule has 1 aromatic heterocycles. The van der Waals surface area contributed by atoms with Crippen LogP contribution in [0.2, 0.25) is 0 Å². The molecule has 0 amide bonds. The van der Waals surface area contributed by atoms with Gasteiger partial charge in [-0.05, 0) is 52.2 Å². The first-order valence-corrected chi connectivity index (χ1v) is 6.12. The Morgan fingerprint density at radius 1 is 1.69 bits per heavy atom. The van der Waals surface area contributed by atoms with Crippen LogP contribution in [-0.4, -0.2) is 24.6 Å². The molecule has 0 aliphatic carbocycles. The van der Waals surface area contributed by atoms with E-state index in [1.807, 2.05) is 6.92 Å². The van der Waals surface area contributed by atoms with Gasteiger partial charge in [0.2, 0.25) is 5.89 Å². The van der Waals surface area contributed by atoms with Crippen LogP contribution in [0.1, 0.15) is 37.5 Å². The van der Waals surface area contributed by atoms with Crippen molar-refractivity contribution < 1.29 is 4.42 Å². The Bertz CT molecular complexity index is 318. The summed E-state index contributed by atoms with van der Waals surface area (Å²) in [5, 5.41) is 6.91. The average Bonchev–Trinajstić information content (AvgIpc) is 2.74. The van der Waals surface area contributed by atoms with E-state index in [0.717, 1.165) is 30.7 Å². The van der Waals surface area contributed by atoms with Gasteiger partial charge >= 0.3 is 0 Å². The summed E-state index contributed by atoms with van der Waals surface area (Å²) >= 11 is 0. The summed E-state index contributed by atoms with van der Waals surface area (Å²) in [5.41, 5.74) is 0. The topological polar surface area (TPSA) is 50.1 Å². The molecule has 4 heteroatoms. The Labute approximate surface area is 96.8 Å². The summed E-state index contributed by atoms with van der Waals surface area (Å²) in [6.45, 7) is 7.36. The average molecular weight is 223 g/mol. The van der Waals surface area contributed by atoms with Crippen LogP contribution in [0.5, 0.6) is 0 Å². The molecule has 16 heavy (non-hydrogen) atoms. The van der Waals surface area contributed by atoms with Crippen LogP contribution >= 0.6 is 0 Å². The molecule has 0 radical (unpaired) electrons. The van der Waals surface area contributed by atoms with Crippen LogP contribution in [0.15, 0.2) is 10.6 Å². The molecular weight excluding hydrogens is 202 g/mol. The fraction of sp³-hybridized carbons (Fsp3) is 0.750. The van der Waals surface area contributed by atoms with Crippen LogP contribution in [0.4, 0.5) is 0 Å². The minimum Gasteiger partial charge on any atom is -0.444 e. The van der Waals surface area contributed by atoms with Gasteiger partial charge in [0.05, 0.1) is 12.2 Å². The number of hydrogen-bond acceptors (Lipinski definition) is 4. The van der Waals surface area contributed by atoms with Gasteiger partial charge < -0.3 is 15.1 Å². The summed E-state index contributed by atoms with van der Waals surface area (Å²) in [6, 6.07) is 0.204. The lowest BCUT2D eigenvalue weighted by Crippen LogP contribution is -2.36. The third-order valence-electron chi connectivity index (χ3n) is 3.12. The van der Waals surface area contributed by atoms with E-state index >= 15 is 0 Å². The number of nitrogens with one attached hydrogen (secondary N) is 2. The highest BCUT2D eigenvalue weighted by atomic mass is 16.4. The van der Waals surface area contributed by atoms with Gasteiger partial charge in [0, 0.05) is 0 Å². The molecule has 2 unspecified atom stereocenters. The Morgan fingerprint density at radius 3 is 3.19 bits per heavy atom. The zero-order valence-corrected chi connectivity index (χ0v) is 10.1. The van der Waals surface area contributed by atoms with Crippen LogP contribution in [-0.2, 0) is 0 Å². The highest BCUT2D eigenvalue weighted by Gasteiger charge is 2.16. The number of aromatic nitrogens is 1. The van der Waals surface area contributed by atoms with Gasteiger partial charge in [0.1, 0.15) is 5.76 Å². The van der Waals surface area contributed by atoms with Gasteiger partial charge in [-0.25, -0.2) is 4.98 Å². The molecule has 1 aliphatic rings. The van der Waals surface area contributed by atoms with Crippen molar-refractivity contribution in [2.45, 2.75) is 32.7 Å². The molecule has 1 saturated heterocycles. The smallest absolute Gasteiger partial charge is 0.211 e. The maximum Gasteiger partial charge on any atom is 0.211 e. The van der Waals surface area contributed by atoms with Crippen molar-refractivity contribution in [3.05, 3.63) is 17.8 Å². The van der Waals surface area contributed by atoms with E-state index in [9.17, 15) is 0 Å². The summed E-state index contributed by atoms with van der Waals surface area (Å²) in [7, 11) is 0. The second kappa shape index (κ2) is 5.46. The molecular formula is C12H21N3O. The van der Waals surface area contributed by atoms with Crippen LogP contribution < -0.4 is 10.6 Å². The molecule has 0 spiro atoms. The van der Waals surface area contributed by atoms with Gasteiger partial charge in [-0.1, -0.05) is 0 Å². The molecule has 2 atom stereocenters. The molecule has 2 rings (SSSR count). The van der Waals surface area contributed by atoms with E-state index in [1.165, 1.54) is 19.4 Å². The van der Waals surface area contributed by atoms with Crippen LogP contribution in [0.25, 0.3) is 0 Å². The Morgan fingerprint density at radius 2 is 2.56 bits per heavy atom. The SMILES string of the molecule is Cc1cnc(C(C)NCC2CCCNC2)o1. The molecule has 90 valence electrons. The maximum atomic E-state index is 5.50. The largest absolute Gasteiger partial charge is 0.444 e. The monoisotopic (exact) mass is 223 g/mol. The van der Waals surface area contributed by atoms with E-state index in [2.05, 4.69) is 22.5 Å². The molecule has 0 saturated carbocycles. The quantitative estimate of drug-likeness (QED) is 0.814. The van der Waals surface area contributed by atoms with Gasteiger partial charge in [0.25, 0.3) is 0 Å². The highest BCUT2D eigenvalue weighted by molar-refractivity contribution is 4.95. The molecule has 1 aliphatic heterocycles. The minimum absolute atomic E-state index is 0.204. The zero-order chi connectivity index (χ0) is 11.4. The highest BCUT2D eigenvalue weighted by Crippen LogP contribution is 2.14. The predicted octanol–water partition coefficient (Wildman–Crippen LogP) is 1.63. The summed E-state index contributed by atoms with van der Waals surface area (Å²) < 4.78 is 5.50. The van der Waals surface area contributed by atoms with Crippen molar-refractivity contribution in [1.82, 2.24) is 15.6 Å². The first-order valence-electron chi connectivity index (χ1n) is 6.12. The van der Waals surface area contributed by atoms with Crippen molar-refractivity contribution in [3.63, 3.8) is 0 Å². The molecule has 4 nitrogen and oxygen atoms in total. The Balaban J connectivity index is 1.76. The van der Waals surface area contributed by atoms with Crippen LogP contribution in [0, 0.1) is 12.8 Å². The van der Waals surface area contributed by atoms with Crippen LogP contribution in [0.3, 0.4) is 0 Å². The molecule has 1 aromatic rings. The minimum atomic E-state index is 0.204. The first-order chi connectivity index (χ1) is 7.75. The lowest BCUT2D eigenvalue weighted by molar-refractivity contribution is 0.329. The third-order valence-corrected chi connectivity index (χ3v) is 3.12. The molecule has 0 aromatic carbocycles. The fourth-order valence-corrected chi connectivity index (χ4v) is 2.10. The van der Waals surface area contributed by atoms with Gasteiger partial charge in [-0.3, -0.25) is 0 Å². The maximum absolute atomic E-state index is 5.50. The number of hydrogen-bond donors (Lipinski definition) is 2. The van der Waals surface area contributed by atoms with Crippen molar-refractivity contribution >= 4 is 0 Å². The second-order valence-electron chi connectivity index (χ2n) is 4.65. The van der Waals surface area contributed by atoms with E-state index in [4.69, 9.17) is 4.42 Å². The zero-order valence-electron chi connectivity index (χ0n) is 10.1. The van der Waals surface area contributed by atoms with Gasteiger partial charge in [-0.15, -0.1) is 0 Å². The lowest BCUT2D eigenvalue weighted by atomic mass is 9.99. The fourth-order valence-electron chi connectivity index (χ4n) is 2.10. The van der Waals surface area contributed by atoms with E-state index in [1.54, 1.807) is 6.20 Å². The van der Waals surface area contributed by atoms with Crippen molar-refractivity contribution in [3.8, 4) is 0 Å². The van der Waals surface area contributed by atoms with E-state index < -0.39 is 0 Å². The normalized spacial score (nSPS) is 23.2. The molecule has 1 fully saturated rings. The summed E-state index contributed by atoms with van der Waals surface area (Å²) in [6.07, 6.45) is 4.38. The predicted molar refractivity (Wildman–Crippen MR) is 63.3 cm³/mol. The third kappa shape index (κ3) is 3.06. The molecule has 2 N–H and O–H groups in total. The molecule has 2 heterocycles. The number of oxazole rings is 1. The number of rotatable bonds is 4. The summed E-state index contributed by atoms with van der Waals surface area (Å²) in [4.78, 5) is 4.23. The Hall–Kier alpha value is -0.870. The number of aryl methyl sites for hydroxylation is 1. The van der Waals surface area contributed by atoms with E-state index in [0.29, 0.717) is 0 Å². The Kier molecular flexibility index (Phi) is 3.96. The first kappa shape index (κ1) is 11.6.